The van der Waals surface area contributed by atoms with Crippen molar-refractivity contribution >= 4 is 33.3 Å². The van der Waals surface area contributed by atoms with E-state index < -0.39 is 15.9 Å². The van der Waals surface area contributed by atoms with Crippen LogP contribution in [0, 0.1) is 0 Å². The summed E-state index contributed by atoms with van der Waals surface area (Å²) in [5.41, 5.74) is 1.11. The maximum Gasteiger partial charge on any atom is 0.264 e. The number of benzene rings is 2. The van der Waals surface area contributed by atoms with Crippen LogP contribution in [0.15, 0.2) is 53.4 Å². The number of nitrogens with one attached hydrogen (secondary N) is 1. The van der Waals surface area contributed by atoms with Crippen molar-refractivity contribution in [3.63, 3.8) is 0 Å². The predicted octanol–water partition coefficient (Wildman–Crippen LogP) is 2.98. The zero-order valence-electron chi connectivity index (χ0n) is 13.0. The van der Waals surface area contributed by atoms with E-state index in [1.165, 1.54) is 31.2 Å². The number of rotatable bonds is 6. The molecular formula is C17H16ClNO4S. The quantitative estimate of drug-likeness (QED) is 0.798. The van der Waals surface area contributed by atoms with Crippen LogP contribution in [-0.2, 0) is 21.2 Å². The minimum atomic E-state index is -4.01. The third-order valence-corrected chi connectivity index (χ3v) is 4.93. The van der Waals surface area contributed by atoms with E-state index in [9.17, 15) is 18.0 Å². The smallest absolute Gasteiger partial charge is 0.264 e. The second kappa shape index (κ2) is 7.59. The van der Waals surface area contributed by atoms with Gasteiger partial charge in [-0.2, -0.15) is 0 Å². The molecule has 0 saturated carbocycles. The van der Waals surface area contributed by atoms with Crippen molar-refractivity contribution in [3.05, 3.63) is 64.7 Å². The van der Waals surface area contributed by atoms with Crippen LogP contribution >= 0.6 is 11.6 Å². The van der Waals surface area contributed by atoms with Crippen LogP contribution in [0.5, 0.6) is 0 Å². The fraction of sp³-hybridized carbons (Fsp3) is 0.176. The highest BCUT2D eigenvalue weighted by Gasteiger charge is 2.18. The number of halogens is 1. The van der Waals surface area contributed by atoms with E-state index in [1.54, 1.807) is 18.2 Å². The van der Waals surface area contributed by atoms with Crippen molar-refractivity contribution in [1.82, 2.24) is 4.72 Å². The van der Waals surface area contributed by atoms with Crippen molar-refractivity contribution in [3.8, 4) is 0 Å². The first kappa shape index (κ1) is 18.2. The number of aryl methyl sites for hydroxylation is 1. The summed E-state index contributed by atoms with van der Waals surface area (Å²) in [4.78, 5) is 23.1. The number of sulfonamides is 1. The van der Waals surface area contributed by atoms with Crippen LogP contribution < -0.4 is 4.72 Å². The van der Waals surface area contributed by atoms with Gasteiger partial charge < -0.3 is 0 Å². The molecule has 0 aliphatic rings. The Morgan fingerprint density at radius 3 is 2.46 bits per heavy atom. The van der Waals surface area contributed by atoms with Crippen LogP contribution in [-0.4, -0.2) is 20.1 Å². The van der Waals surface area contributed by atoms with Gasteiger partial charge in [-0.15, -0.1) is 0 Å². The molecule has 0 aliphatic carbocycles. The van der Waals surface area contributed by atoms with Gasteiger partial charge in [0, 0.05) is 17.0 Å². The molecule has 0 fully saturated rings. The van der Waals surface area contributed by atoms with Gasteiger partial charge in [-0.25, -0.2) is 13.1 Å². The van der Waals surface area contributed by atoms with Crippen molar-refractivity contribution < 1.29 is 18.0 Å². The Hall–Kier alpha value is -2.18. The van der Waals surface area contributed by atoms with Crippen LogP contribution in [0.3, 0.4) is 0 Å². The Balaban J connectivity index is 2.04. The number of hydrogen-bond donors (Lipinski definition) is 1. The number of hydrogen-bond acceptors (Lipinski definition) is 4. The molecular weight excluding hydrogens is 350 g/mol. The summed E-state index contributed by atoms with van der Waals surface area (Å²) in [5.74, 6) is -0.873. The summed E-state index contributed by atoms with van der Waals surface area (Å²) in [6.07, 6.45) is 0.376. The molecule has 24 heavy (non-hydrogen) atoms. The second-order valence-corrected chi connectivity index (χ2v) is 7.36. The number of ketones is 1. The van der Waals surface area contributed by atoms with E-state index >= 15 is 0 Å². The van der Waals surface area contributed by atoms with Gasteiger partial charge in [-0.05, 0) is 43.2 Å². The van der Waals surface area contributed by atoms with Gasteiger partial charge in [0.1, 0.15) is 0 Å². The highest BCUT2D eigenvalue weighted by Crippen LogP contribution is 2.14. The molecule has 0 spiro atoms. The molecule has 0 radical (unpaired) electrons. The van der Waals surface area contributed by atoms with Gasteiger partial charge in [-0.3, -0.25) is 9.59 Å². The molecule has 0 heterocycles. The molecule has 1 amide bonds. The van der Waals surface area contributed by atoms with Gasteiger partial charge in [0.05, 0.1) is 4.90 Å². The van der Waals surface area contributed by atoms with Gasteiger partial charge in [-0.1, -0.05) is 35.9 Å². The minimum Gasteiger partial charge on any atom is -0.295 e. The maximum absolute atomic E-state index is 12.2. The van der Waals surface area contributed by atoms with Crippen molar-refractivity contribution in [2.45, 2.75) is 24.7 Å². The summed E-state index contributed by atoms with van der Waals surface area (Å²) >= 11 is 5.86. The fourth-order valence-corrected chi connectivity index (χ4v) is 3.36. The second-order valence-electron chi connectivity index (χ2n) is 5.24. The highest BCUT2D eigenvalue weighted by atomic mass is 35.5. The van der Waals surface area contributed by atoms with E-state index in [4.69, 9.17) is 11.6 Å². The molecule has 0 bridgehead atoms. The summed E-state index contributed by atoms with van der Waals surface area (Å²) in [6.45, 7) is 1.34. The Morgan fingerprint density at radius 2 is 1.79 bits per heavy atom. The number of amides is 1. The van der Waals surface area contributed by atoms with E-state index in [-0.39, 0.29) is 22.7 Å². The molecule has 7 heteroatoms. The lowest BCUT2D eigenvalue weighted by Gasteiger charge is -2.08. The molecule has 2 aromatic rings. The van der Waals surface area contributed by atoms with Crippen molar-refractivity contribution in [1.29, 1.82) is 0 Å². The fourth-order valence-electron chi connectivity index (χ4n) is 2.09. The largest absolute Gasteiger partial charge is 0.295 e. The first-order valence-corrected chi connectivity index (χ1v) is 9.05. The molecule has 0 saturated heterocycles. The molecule has 5 nitrogen and oxygen atoms in total. The molecule has 0 atom stereocenters. The lowest BCUT2D eigenvalue weighted by Crippen LogP contribution is -2.30. The van der Waals surface area contributed by atoms with E-state index in [0.717, 1.165) is 5.56 Å². The highest BCUT2D eigenvalue weighted by molar-refractivity contribution is 7.90. The van der Waals surface area contributed by atoms with Gasteiger partial charge >= 0.3 is 0 Å². The minimum absolute atomic E-state index is 0.00592. The number of carbonyl (C=O) groups excluding carboxylic acids is 2. The summed E-state index contributed by atoms with van der Waals surface area (Å²) < 4.78 is 26.4. The third kappa shape index (κ3) is 4.91. The monoisotopic (exact) mass is 365 g/mol. The Morgan fingerprint density at radius 1 is 1.08 bits per heavy atom. The summed E-state index contributed by atoms with van der Waals surface area (Å²) in [5, 5.41) is 0.557. The first-order valence-electron chi connectivity index (χ1n) is 7.19. The Bertz CT molecular complexity index is 878. The topological polar surface area (TPSA) is 80.3 Å². The van der Waals surface area contributed by atoms with Crippen molar-refractivity contribution in [2.75, 3.05) is 0 Å². The van der Waals surface area contributed by atoms with Crippen LogP contribution in [0.2, 0.25) is 5.02 Å². The molecule has 126 valence electrons. The molecule has 0 aliphatic heterocycles. The van der Waals surface area contributed by atoms with E-state index in [2.05, 4.69) is 0 Å². The standard InChI is InChI=1S/C17H16ClNO4S/c1-12(20)14-5-3-7-16(11-14)24(22,23)19-17(21)9-8-13-4-2-6-15(18)10-13/h2-7,10-11H,8-9H2,1H3,(H,19,21). The molecule has 0 unspecified atom stereocenters. The van der Waals surface area contributed by atoms with Crippen LogP contribution in [0.1, 0.15) is 29.3 Å². The number of Topliss-reactive ketones (excluding diaryl/α,β-unsaturated/α-hetero) is 1. The molecule has 0 aromatic heterocycles. The molecule has 2 aromatic carbocycles. The normalized spacial score (nSPS) is 11.1. The molecule has 1 N–H and O–H groups in total. The summed E-state index contributed by atoms with van der Waals surface area (Å²) in [7, 11) is -4.01. The van der Waals surface area contributed by atoms with E-state index in [0.29, 0.717) is 11.4 Å². The van der Waals surface area contributed by atoms with E-state index in [1.807, 2.05) is 10.8 Å². The predicted molar refractivity (Wildman–Crippen MR) is 91.5 cm³/mol. The van der Waals surface area contributed by atoms with Crippen molar-refractivity contribution in [2.24, 2.45) is 0 Å². The van der Waals surface area contributed by atoms with Crippen LogP contribution in [0.25, 0.3) is 0 Å². The van der Waals surface area contributed by atoms with Crippen LogP contribution in [0.4, 0.5) is 0 Å². The third-order valence-electron chi connectivity index (χ3n) is 3.33. The van der Waals surface area contributed by atoms with Gasteiger partial charge in [0.15, 0.2) is 5.78 Å². The molecule has 2 rings (SSSR count). The Labute approximate surface area is 145 Å². The Kier molecular flexibility index (Phi) is 5.75. The number of carbonyl (C=O) groups is 2. The van der Waals surface area contributed by atoms with Gasteiger partial charge in [0.2, 0.25) is 5.91 Å². The average Bonchev–Trinajstić information content (AvgIpc) is 2.53. The first-order chi connectivity index (χ1) is 11.3. The zero-order valence-corrected chi connectivity index (χ0v) is 14.5. The SMILES string of the molecule is CC(=O)c1cccc(S(=O)(=O)NC(=O)CCc2cccc(Cl)c2)c1. The summed E-state index contributed by atoms with van der Waals surface area (Å²) in [6, 6.07) is 12.6. The van der Waals surface area contributed by atoms with Gasteiger partial charge in [0.25, 0.3) is 10.0 Å². The lowest BCUT2D eigenvalue weighted by atomic mass is 10.1. The lowest BCUT2D eigenvalue weighted by molar-refractivity contribution is -0.119. The zero-order chi connectivity index (χ0) is 17.7. The average molecular weight is 366 g/mol. The maximum atomic E-state index is 12.2.